The first-order valence-corrected chi connectivity index (χ1v) is 8.53. The van der Waals surface area contributed by atoms with Gasteiger partial charge < -0.3 is 15.5 Å². The van der Waals surface area contributed by atoms with Crippen LogP contribution in [-0.2, 0) is 9.59 Å². The first-order valence-electron chi connectivity index (χ1n) is 8.53. The van der Waals surface area contributed by atoms with Gasteiger partial charge in [0.15, 0.2) is 0 Å². The maximum absolute atomic E-state index is 12.4. The number of amides is 2. The van der Waals surface area contributed by atoms with Crippen molar-refractivity contribution in [3.05, 3.63) is 36.0 Å². The van der Waals surface area contributed by atoms with E-state index in [1.807, 2.05) is 24.0 Å². The van der Waals surface area contributed by atoms with E-state index in [1.165, 1.54) is 18.9 Å². The van der Waals surface area contributed by atoms with Crippen molar-refractivity contribution < 1.29 is 9.59 Å². The summed E-state index contributed by atoms with van der Waals surface area (Å²) in [4.78, 5) is 26.1. The lowest BCUT2D eigenvalue weighted by Crippen LogP contribution is -2.34. The van der Waals surface area contributed by atoms with E-state index >= 15 is 0 Å². The molecule has 23 heavy (non-hydrogen) atoms. The van der Waals surface area contributed by atoms with Crippen LogP contribution in [0.15, 0.2) is 36.0 Å². The van der Waals surface area contributed by atoms with Crippen molar-refractivity contribution in [2.45, 2.75) is 26.2 Å². The number of carbonyl (C=O) groups excluding carboxylic acids is 2. The molecule has 2 aliphatic heterocycles. The van der Waals surface area contributed by atoms with E-state index < -0.39 is 0 Å². The number of rotatable bonds is 5. The number of hydrogen-bond acceptors (Lipinski definition) is 3. The minimum Gasteiger partial charge on any atom is -0.352 e. The molecule has 126 valence electrons. The second-order valence-electron chi connectivity index (χ2n) is 6.01. The van der Waals surface area contributed by atoms with Gasteiger partial charge in [0.05, 0.1) is 0 Å². The van der Waals surface area contributed by atoms with Crippen LogP contribution in [0.5, 0.6) is 0 Å². The fourth-order valence-electron chi connectivity index (χ4n) is 2.90. The molecule has 0 spiro atoms. The molecule has 0 aromatic rings. The molecule has 2 rings (SSSR count). The van der Waals surface area contributed by atoms with Crippen LogP contribution in [0, 0.1) is 5.92 Å². The number of likely N-dealkylation sites (N-methyl/N-ethyl adjacent to an activating group) is 1. The molecule has 0 atom stereocenters. The topological polar surface area (TPSA) is 61.4 Å². The third-order valence-electron chi connectivity index (χ3n) is 4.32. The normalized spacial score (nSPS) is 24.8. The Balaban J connectivity index is 1.93. The molecule has 2 aliphatic rings. The third kappa shape index (κ3) is 5.67. The van der Waals surface area contributed by atoms with Gasteiger partial charge in [-0.3, -0.25) is 9.59 Å². The Morgan fingerprint density at radius 3 is 2.87 bits per heavy atom. The van der Waals surface area contributed by atoms with Gasteiger partial charge in [0, 0.05) is 31.3 Å². The Morgan fingerprint density at radius 2 is 2.13 bits per heavy atom. The Labute approximate surface area is 138 Å². The predicted molar refractivity (Wildman–Crippen MR) is 91.8 cm³/mol. The largest absolute Gasteiger partial charge is 0.352 e. The van der Waals surface area contributed by atoms with Crippen LogP contribution in [0.4, 0.5) is 0 Å². The van der Waals surface area contributed by atoms with Gasteiger partial charge in [-0.15, -0.1) is 0 Å². The molecule has 0 saturated carbocycles. The summed E-state index contributed by atoms with van der Waals surface area (Å²) in [6, 6.07) is 0. The second kappa shape index (κ2) is 9.30. The molecule has 5 heteroatoms. The molecule has 1 saturated heterocycles. The zero-order chi connectivity index (χ0) is 16.5. The van der Waals surface area contributed by atoms with E-state index in [-0.39, 0.29) is 11.8 Å². The number of allylic oxidation sites excluding steroid dienone is 2. The standard InChI is InChI=1S/C18H27N3O2/c1-2-20-18(23)16-5-3-4-13-21(17(22)7-6-16)14-10-15-8-11-19-12-9-15/h3-7,15,19H,2,8-14H2,1H3,(H,20,23)/b4-3+,7-6+,16-5+. The average Bonchev–Trinajstić information content (AvgIpc) is 2.65. The minimum atomic E-state index is -0.149. The fraction of sp³-hybridized carbons (Fsp3) is 0.556. The van der Waals surface area contributed by atoms with E-state index in [9.17, 15) is 9.59 Å². The van der Waals surface area contributed by atoms with E-state index in [4.69, 9.17) is 0 Å². The molecule has 0 unspecified atom stereocenters. The highest BCUT2D eigenvalue weighted by molar-refractivity contribution is 5.98. The monoisotopic (exact) mass is 317 g/mol. The third-order valence-corrected chi connectivity index (χ3v) is 4.32. The van der Waals surface area contributed by atoms with Crippen LogP contribution in [0.2, 0.25) is 0 Å². The van der Waals surface area contributed by atoms with Crippen LogP contribution >= 0.6 is 0 Å². The number of piperidine rings is 1. The van der Waals surface area contributed by atoms with Gasteiger partial charge in [-0.05, 0) is 57.3 Å². The highest BCUT2D eigenvalue weighted by Gasteiger charge is 2.17. The number of nitrogens with zero attached hydrogens (tertiary/aromatic N) is 1. The molecule has 0 radical (unpaired) electrons. The number of carbonyl (C=O) groups is 2. The summed E-state index contributed by atoms with van der Waals surface area (Å²) in [6.07, 6.45) is 12.1. The van der Waals surface area contributed by atoms with Crippen molar-refractivity contribution in [2.24, 2.45) is 5.92 Å². The van der Waals surface area contributed by atoms with Crippen LogP contribution < -0.4 is 10.6 Å². The summed E-state index contributed by atoms with van der Waals surface area (Å²) in [6.45, 7) is 5.98. The second-order valence-corrected chi connectivity index (χ2v) is 6.01. The fourth-order valence-corrected chi connectivity index (χ4v) is 2.90. The summed E-state index contributed by atoms with van der Waals surface area (Å²) in [7, 11) is 0. The van der Waals surface area contributed by atoms with Gasteiger partial charge in [-0.1, -0.05) is 12.2 Å². The summed E-state index contributed by atoms with van der Waals surface area (Å²) in [5, 5.41) is 6.12. The smallest absolute Gasteiger partial charge is 0.251 e. The van der Waals surface area contributed by atoms with Gasteiger partial charge >= 0.3 is 0 Å². The molecular weight excluding hydrogens is 290 g/mol. The van der Waals surface area contributed by atoms with E-state index in [0.717, 1.165) is 26.1 Å². The maximum atomic E-state index is 12.4. The van der Waals surface area contributed by atoms with Crippen molar-refractivity contribution in [2.75, 3.05) is 32.7 Å². The number of nitrogens with one attached hydrogen (secondary N) is 2. The van der Waals surface area contributed by atoms with E-state index in [1.54, 1.807) is 12.2 Å². The van der Waals surface area contributed by atoms with Gasteiger partial charge in [-0.25, -0.2) is 0 Å². The van der Waals surface area contributed by atoms with Gasteiger partial charge in [0.1, 0.15) is 0 Å². The molecule has 1 fully saturated rings. The quantitative estimate of drug-likeness (QED) is 0.805. The summed E-state index contributed by atoms with van der Waals surface area (Å²) >= 11 is 0. The minimum absolute atomic E-state index is 0.0271. The lowest BCUT2D eigenvalue weighted by atomic mass is 9.94. The lowest BCUT2D eigenvalue weighted by molar-refractivity contribution is -0.125. The van der Waals surface area contributed by atoms with Gasteiger partial charge in [-0.2, -0.15) is 0 Å². The first-order chi connectivity index (χ1) is 11.2. The summed E-state index contributed by atoms with van der Waals surface area (Å²) < 4.78 is 0. The van der Waals surface area contributed by atoms with Crippen molar-refractivity contribution in [3.63, 3.8) is 0 Å². The van der Waals surface area contributed by atoms with Gasteiger partial charge in [0.25, 0.3) is 5.91 Å². The van der Waals surface area contributed by atoms with Crippen LogP contribution in [-0.4, -0.2) is 49.4 Å². The summed E-state index contributed by atoms with van der Waals surface area (Å²) in [5.74, 6) is 0.527. The van der Waals surface area contributed by atoms with Crippen molar-refractivity contribution in [1.29, 1.82) is 0 Å². The molecule has 2 amide bonds. The van der Waals surface area contributed by atoms with Crippen molar-refractivity contribution >= 4 is 11.8 Å². The highest BCUT2D eigenvalue weighted by Crippen LogP contribution is 2.16. The van der Waals surface area contributed by atoms with Gasteiger partial charge in [0.2, 0.25) is 5.91 Å². The molecule has 0 bridgehead atoms. The zero-order valence-electron chi connectivity index (χ0n) is 13.9. The lowest BCUT2D eigenvalue weighted by Gasteiger charge is -2.26. The molecule has 0 aromatic carbocycles. The maximum Gasteiger partial charge on any atom is 0.251 e. The molecule has 2 N–H and O–H groups in total. The Morgan fingerprint density at radius 1 is 1.35 bits per heavy atom. The Kier molecular flexibility index (Phi) is 7.07. The zero-order valence-corrected chi connectivity index (χ0v) is 13.9. The highest BCUT2D eigenvalue weighted by atomic mass is 16.2. The SMILES string of the molecule is CCNC(=O)C1=C/C=C/CN(CCC2CCNCC2)C(=O)\C=C\1. The van der Waals surface area contributed by atoms with Crippen LogP contribution in [0.1, 0.15) is 26.2 Å². The van der Waals surface area contributed by atoms with Crippen molar-refractivity contribution in [1.82, 2.24) is 15.5 Å². The molecule has 2 heterocycles. The van der Waals surface area contributed by atoms with E-state index in [0.29, 0.717) is 24.6 Å². The van der Waals surface area contributed by atoms with Crippen LogP contribution in [0.25, 0.3) is 0 Å². The molecular formula is C18H27N3O2. The van der Waals surface area contributed by atoms with Crippen molar-refractivity contribution in [3.8, 4) is 0 Å². The predicted octanol–water partition coefficient (Wildman–Crippen LogP) is 1.39. The Hall–Kier alpha value is -1.88. The van der Waals surface area contributed by atoms with E-state index in [2.05, 4.69) is 10.6 Å². The Bertz CT molecular complexity index is 502. The van der Waals surface area contributed by atoms with Crippen LogP contribution in [0.3, 0.4) is 0 Å². The first kappa shape index (κ1) is 17.5. The molecule has 5 nitrogen and oxygen atoms in total. The average molecular weight is 317 g/mol. The summed E-state index contributed by atoms with van der Waals surface area (Å²) in [5.41, 5.74) is 0.511. The molecule has 0 aromatic heterocycles. The molecule has 0 aliphatic carbocycles. The number of hydrogen-bond donors (Lipinski definition) is 2.